The largest absolute Gasteiger partial charge is 0.268 e. The summed E-state index contributed by atoms with van der Waals surface area (Å²) in [5.74, 6) is -0.575. The molecular weight excluding hydrogens is 330 g/mol. The van der Waals surface area contributed by atoms with E-state index in [9.17, 15) is 9.59 Å². The van der Waals surface area contributed by atoms with Gasteiger partial charge in [-0.05, 0) is 64.7 Å². The average Bonchev–Trinajstić information content (AvgIpc) is 3.12. The molecule has 25 heavy (non-hydrogen) atoms. The Balaban J connectivity index is 1.92. The third-order valence-electron chi connectivity index (χ3n) is 4.20. The van der Waals surface area contributed by atoms with E-state index in [-0.39, 0.29) is 11.8 Å². The van der Waals surface area contributed by atoms with Crippen molar-refractivity contribution < 1.29 is 9.59 Å². The van der Waals surface area contributed by atoms with E-state index in [1.807, 2.05) is 66.2 Å². The minimum atomic E-state index is -0.291. The lowest BCUT2D eigenvalue weighted by molar-refractivity contribution is -0.112. The van der Waals surface area contributed by atoms with E-state index in [0.717, 1.165) is 11.1 Å². The molecule has 1 aromatic heterocycles. The van der Waals surface area contributed by atoms with Gasteiger partial charge in [-0.1, -0.05) is 30.3 Å². The van der Waals surface area contributed by atoms with Crippen molar-refractivity contribution in [1.29, 1.82) is 0 Å². The van der Waals surface area contributed by atoms with Crippen molar-refractivity contribution in [2.24, 2.45) is 0 Å². The first-order valence-corrected chi connectivity index (χ1v) is 8.88. The van der Waals surface area contributed by atoms with Crippen LogP contribution in [0, 0.1) is 6.92 Å². The number of amides is 2. The maximum absolute atomic E-state index is 13.2. The standard InChI is InChI=1S/C21H15NO2S/c1-14-5-4-6-16(11-14)22-20(23)18-8-3-2-7-17(18)19(21(22)24)12-15-9-10-25-13-15/h2-13H,1H3/b19-12+. The van der Waals surface area contributed by atoms with E-state index in [4.69, 9.17) is 0 Å². The Morgan fingerprint density at radius 3 is 2.44 bits per heavy atom. The van der Waals surface area contributed by atoms with Gasteiger partial charge in [0.15, 0.2) is 0 Å². The maximum Gasteiger partial charge on any atom is 0.265 e. The van der Waals surface area contributed by atoms with Gasteiger partial charge < -0.3 is 0 Å². The maximum atomic E-state index is 13.2. The van der Waals surface area contributed by atoms with Crippen LogP contribution in [-0.4, -0.2) is 11.8 Å². The van der Waals surface area contributed by atoms with Crippen LogP contribution in [0.1, 0.15) is 27.0 Å². The molecule has 0 bridgehead atoms. The van der Waals surface area contributed by atoms with Gasteiger partial charge in [-0.2, -0.15) is 11.3 Å². The van der Waals surface area contributed by atoms with Crippen molar-refractivity contribution in [3.8, 4) is 0 Å². The van der Waals surface area contributed by atoms with Crippen LogP contribution in [0.25, 0.3) is 11.6 Å². The van der Waals surface area contributed by atoms with Gasteiger partial charge in [0, 0.05) is 11.1 Å². The van der Waals surface area contributed by atoms with Crippen molar-refractivity contribution in [2.75, 3.05) is 4.90 Å². The molecule has 0 fully saturated rings. The molecule has 0 atom stereocenters. The number of rotatable bonds is 2. The summed E-state index contributed by atoms with van der Waals surface area (Å²) in [7, 11) is 0. The summed E-state index contributed by atoms with van der Waals surface area (Å²) < 4.78 is 0. The number of hydrogen-bond acceptors (Lipinski definition) is 3. The molecule has 0 unspecified atom stereocenters. The van der Waals surface area contributed by atoms with Crippen LogP contribution >= 0.6 is 11.3 Å². The molecule has 3 aromatic rings. The van der Waals surface area contributed by atoms with Crippen molar-refractivity contribution in [2.45, 2.75) is 6.92 Å². The van der Waals surface area contributed by atoms with Crippen LogP contribution in [-0.2, 0) is 4.79 Å². The number of anilines is 1. The molecule has 4 heteroatoms. The number of carbonyl (C=O) groups excluding carboxylic acids is 2. The number of carbonyl (C=O) groups is 2. The van der Waals surface area contributed by atoms with Crippen LogP contribution in [0.5, 0.6) is 0 Å². The molecule has 1 aliphatic rings. The van der Waals surface area contributed by atoms with E-state index in [1.54, 1.807) is 23.5 Å². The highest BCUT2D eigenvalue weighted by Gasteiger charge is 2.35. The Bertz CT molecular complexity index is 1000. The van der Waals surface area contributed by atoms with Crippen molar-refractivity contribution in [1.82, 2.24) is 0 Å². The van der Waals surface area contributed by atoms with Gasteiger partial charge in [0.1, 0.15) is 0 Å². The SMILES string of the molecule is Cc1cccc(N2C(=O)/C(=C/c3ccsc3)c3ccccc3C2=O)c1. The summed E-state index contributed by atoms with van der Waals surface area (Å²) in [5, 5.41) is 3.95. The fourth-order valence-electron chi connectivity index (χ4n) is 3.02. The predicted octanol–water partition coefficient (Wildman–Crippen LogP) is 4.78. The van der Waals surface area contributed by atoms with Crippen molar-refractivity contribution >= 4 is 40.5 Å². The Morgan fingerprint density at radius 1 is 0.920 bits per heavy atom. The van der Waals surface area contributed by atoms with Crippen LogP contribution in [0.2, 0.25) is 0 Å². The smallest absolute Gasteiger partial charge is 0.265 e. The molecule has 0 saturated heterocycles. The van der Waals surface area contributed by atoms with Gasteiger partial charge in [0.25, 0.3) is 11.8 Å². The van der Waals surface area contributed by atoms with Gasteiger partial charge in [0.05, 0.1) is 5.69 Å². The fraction of sp³-hybridized carbons (Fsp3) is 0.0476. The number of hydrogen-bond donors (Lipinski definition) is 0. The van der Waals surface area contributed by atoms with Gasteiger partial charge in [-0.25, -0.2) is 4.90 Å². The van der Waals surface area contributed by atoms with Crippen LogP contribution in [0.4, 0.5) is 5.69 Å². The lowest BCUT2D eigenvalue weighted by atomic mass is 9.92. The lowest BCUT2D eigenvalue weighted by Crippen LogP contribution is -2.41. The van der Waals surface area contributed by atoms with E-state index >= 15 is 0 Å². The Kier molecular flexibility index (Phi) is 3.82. The first kappa shape index (κ1) is 15.5. The van der Waals surface area contributed by atoms with E-state index in [0.29, 0.717) is 22.4 Å². The summed E-state index contributed by atoms with van der Waals surface area (Å²) in [4.78, 5) is 27.4. The number of imide groups is 1. The highest BCUT2D eigenvalue weighted by atomic mass is 32.1. The minimum absolute atomic E-state index is 0.284. The molecule has 0 spiro atoms. The highest BCUT2D eigenvalue weighted by Crippen LogP contribution is 2.33. The average molecular weight is 345 g/mol. The third-order valence-corrected chi connectivity index (χ3v) is 4.90. The molecule has 0 saturated carbocycles. The molecular formula is C21H15NO2S. The summed E-state index contributed by atoms with van der Waals surface area (Å²) in [6, 6.07) is 16.7. The summed E-state index contributed by atoms with van der Waals surface area (Å²) in [6.45, 7) is 1.94. The summed E-state index contributed by atoms with van der Waals surface area (Å²) in [5.41, 5.74) is 4.33. The minimum Gasteiger partial charge on any atom is -0.268 e. The monoisotopic (exact) mass is 345 g/mol. The molecule has 2 aromatic carbocycles. The first-order valence-electron chi connectivity index (χ1n) is 7.94. The number of nitrogens with zero attached hydrogens (tertiary/aromatic N) is 1. The second-order valence-corrected chi connectivity index (χ2v) is 6.73. The summed E-state index contributed by atoms with van der Waals surface area (Å²) in [6.07, 6.45) is 1.85. The quantitative estimate of drug-likeness (QED) is 0.495. The summed E-state index contributed by atoms with van der Waals surface area (Å²) >= 11 is 1.57. The zero-order valence-electron chi connectivity index (χ0n) is 13.6. The Labute approximate surface area is 149 Å². The van der Waals surface area contributed by atoms with Gasteiger partial charge in [-0.3, -0.25) is 9.59 Å². The molecule has 0 N–H and O–H groups in total. The second kappa shape index (κ2) is 6.15. The number of thiophene rings is 1. The fourth-order valence-corrected chi connectivity index (χ4v) is 3.64. The molecule has 0 radical (unpaired) electrons. The van der Waals surface area contributed by atoms with Crippen molar-refractivity contribution in [3.63, 3.8) is 0 Å². The number of benzene rings is 2. The zero-order valence-corrected chi connectivity index (χ0v) is 14.4. The van der Waals surface area contributed by atoms with Gasteiger partial charge in [0.2, 0.25) is 0 Å². The second-order valence-electron chi connectivity index (χ2n) is 5.94. The van der Waals surface area contributed by atoms with Gasteiger partial charge in [-0.15, -0.1) is 0 Å². The number of fused-ring (bicyclic) bond motifs is 1. The zero-order chi connectivity index (χ0) is 17.4. The van der Waals surface area contributed by atoms with Crippen molar-refractivity contribution in [3.05, 3.63) is 87.6 Å². The topological polar surface area (TPSA) is 37.4 Å². The Morgan fingerprint density at radius 2 is 1.72 bits per heavy atom. The number of aryl methyl sites for hydroxylation is 1. The van der Waals surface area contributed by atoms with Crippen LogP contribution in [0.15, 0.2) is 65.4 Å². The van der Waals surface area contributed by atoms with Crippen LogP contribution in [0.3, 0.4) is 0 Å². The van der Waals surface area contributed by atoms with Crippen LogP contribution < -0.4 is 4.90 Å². The molecule has 1 aliphatic heterocycles. The van der Waals surface area contributed by atoms with E-state index in [2.05, 4.69) is 0 Å². The molecule has 2 heterocycles. The van der Waals surface area contributed by atoms with E-state index < -0.39 is 0 Å². The predicted molar refractivity (Wildman–Crippen MR) is 102 cm³/mol. The molecule has 4 rings (SSSR count). The van der Waals surface area contributed by atoms with Gasteiger partial charge >= 0.3 is 0 Å². The first-order chi connectivity index (χ1) is 12.1. The lowest BCUT2D eigenvalue weighted by Gasteiger charge is -2.28. The molecule has 0 aliphatic carbocycles. The van der Waals surface area contributed by atoms with E-state index in [1.165, 1.54) is 4.90 Å². The highest BCUT2D eigenvalue weighted by molar-refractivity contribution is 7.08. The normalized spacial score (nSPS) is 15.6. The third kappa shape index (κ3) is 2.71. The Hall–Kier alpha value is -2.98. The molecule has 2 amide bonds. The molecule has 3 nitrogen and oxygen atoms in total. The molecule has 122 valence electrons.